The van der Waals surface area contributed by atoms with Crippen LogP contribution in [0.1, 0.15) is 46.3 Å². The second-order valence-corrected chi connectivity index (χ2v) is 7.53. The number of carbonyl (C=O) groups excluding carboxylic acids is 2. The van der Waals surface area contributed by atoms with Crippen molar-refractivity contribution < 1.29 is 9.59 Å². The number of rotatable bonds is 5. The van der Waals surface area contributed by atoms with Gasteiger partial charge in [-0.05, 0) is 56.5 Å². The number of benzene rings is 1. The molecule has 0 atom stereocenters. The molecule has 130 valence electrons. The molecule has 2 aromatic rings. The molecule has 1 aliphatic carbocycles. The lowest BCUT2D eigenvalue weighted by Gasteiger charge is -2.24. The number of carbonyl (C=O) groups is 2. The van der Waals surface area contributed by atoms with Crippen LogP contribution in [-0.4, -0.2) is 17.5 Å². The van der Waals surface area contributed by atoms with Gasteiger partial charge in [0.05, 0.1) is 10.6 Å². The largest absolute Gasteiger partial charge is 0.326 e. The number of aryl methyl sites for hydroxylation is 1. The third kappa shape index (κ3) is 4.33. The molecule has 25 heavy (non-hydrogen) atoms. The summed E-state index contributed by atoms with van der Waals surface area (Å²) < 4.78 is 0. The molecule has 1 aromatic heterocycles. The van der Waals surface area contributed by atoms with Crippen molar-refractivity contribution in [2.75, 3.05) is 5.32 Å². The molecule has 0 radical (unpaired) electrons. The maximum Gasteiger partial charge on any atom is 0.281 e. The number of hydrogen-bond donors (Lipinski definition) is 2. The molecule has 2 N–H and O–H groups in total. The number of anilines is 1. The first kappa shape index (κ1) is 17.4. The van der Waals surface area contributed by atoms with Crippen LogP contribution in [0.2, 0.25) is 0 Å². The van der Waals surface area contributed by atoms with Crippen LogP contribution in [0.15, 0.2) is 41.5 Å². The lowest BCUT2D eigenvalue weighted by Crippen LogP contribution is -2.28. The van der Waals surface area contributed by atoms with Gasteiger partial charge in [-0.1, -0.05) is 18.6 Å². The van der Waals surface area contributed by atoms with E-state index in [1.165, 1.54) is 11.3 Å². The fraction of sp³-hybridized carbons (Fsp3) is 0.316. The molecule has 6 heteroatoms. The van der Waals surface area contributed by atoms with Crippen LogP contribution >= 0.6 is 11.3 Å². The van der Waals surface area contributed by atoms with E-state index in [-0.39, 0.29) is 17.7 Å². The summed E-state index contributed by atoms with van der Waals surface area (Å²) in [6.07, 6.45) is 3.08. The van der Waals surface area contributed by atoms with Crippen LogP contribution in [0.5, 0.6) is 0 Å². The third-order valence-electron chi connectivity index (χ3n) is 4.31. The molecule has 0 saturated heterocycles. The molecule has 5 nitrogen and oxygen atoms in total. The highest BCUT2D eigenvalue weighted by Crippen LogP contribution is 2.27. The molecular formula is C19H21N3O2S. The summed E-state index contributed by atoms with van der Waals surface area (Å²) in [5.74, 6) is 0.0122. The average Bonchev–Trinajstić information content (AvgIpc) is 2.97. The quantitative estimate of drug-likeness (QED) is 0.630. The number of amides is 2. The van der Waals surface area contributed by atoms with Gasteiger partial charge in [-0.3, -0.25) is 9.59 Å². The maximum atomic E-state index is 12.1. The number of hydrogen-bond acceptors (Lipinski definition) is 4. The maximum absolute atomic E-state index is 12.1. The summed E-state index contributed by atoms with van der Waals surface area (Å²) in [7, 11) is 0. The first-order valence-corrected chi connectivity index (χ1v) is 9.17. The Kier molecular flexibility index (Phi) is 5.28. The van der Waals surface area contributed by atoms with E-state index in [4.69, 9.17) is 0 Å². The van der Waals surface area contributed by atoms with Crippen molar-refractivity contribution in [3.8, 4) is 0 Å². The molecule has 1 aromatic carbocycles. The fourth-order valence-electron chi connectivity index (χ4n) is 2.55. The van der Waals surface area contributed by atoms with Gasteiger partial charge in [0.1, 0.15) is 0 Å². The summed E-state index contributed by atoms with van der Waals surface area (Å²) in [5, 5.41) is 7.13. The number of nitrogens with zero attached hydrogens (tertiary/aromatic N) is 1. The minimum Gasteiger partial charge on any atom is -0.326 e. The van der Waals surface area contributed by atoms with Crippen molar-refractivity contribution in [2.24, 2.45) is 11.0 Å². The van der Waals surface area contributed by atoms with Crippen LogP contribution in [-0.2, 0) is 4.79 Å². The van der Waals surface area contributed by atoms with Gasteiger partial charge in [0, 0.05) is 16.5 Å². The van der Waals surface area contributed by atoms with Gasteiger partial charge in [0.2, 0.25) is 5.91 Å². The van der Waals surface area contributed by atoms with Gasteiger partial charge in [-0.25, -0.2) is 5.43 Å². The Labute approximate surface area is 151 Å². The first-order chi connectivity index (χ1) is 12.0. The zero-order valence-electron chi connectivity index (χ0n) is 14.3. The molecule has 1 heterocycles. The lowest BCUT2D eigenvalue weighted by atomic mass is 9.85. The topological polar surface area (TPSA) is 70.6 Å². The van der Waals surface area contributed by atoms with E-state index < -0.39 is 0 Å². The van der Waals surface area contributed by atoms with E-state index in [9.17, 15) is 9.59 Å². The molecule has 0 unspecified atom stereocenters. The molecule has 0 bridgehead atoms. The van der Waals surface area contributed by atoms with Crippen molar-refractivity contribution >= 4 is 34.6 Å². The van der Waals surface area contributed by atoms with Gasteiger partial charge in [-0.15, -0.1) is 11.3 Å². The molecule has 1 fully saturated rings. The predicted molar refractivity (Wildman–Crippen MR) is 101 cm³/mol. The zero-order valence-corrected chi connectivity index (χ0v) is 15.2. The highest BCUT2D eigenvalue weighted by atomic mass is 32.1. The summed E-state index contributed by atoms with van der Waals surface area (Å²) in [6, 6.07) is 11.2. The Hall–Kier alpha value is -2.47. The van der Waals surface area contributed by atoms with Crippen LogP contribution in [0.3, 0.4) is 0 Å². The predicted octanol–water partition coefficient (Wildman–Crippen LogP) is 3.95. The van der Waals surface area contributed by atoms with E-state index in [0.29, 0.717) is 10.6 Å². The Morgan fingerprint density at radius 3 is 2.64 bits per heavy atom. The van der Waals surface area contributed by atoms with Gasteiger partial charge >= 0.3 is 0 Å². The molecule has 0 aliphatic heterocycles. The Morgan fingerprint density at radius 1 is 1.20 bits per heavy atom. The number of hydrazone groups is 1. The molecular weight excluding hydrogens is 334 g/mol. The lowest BCUT2D eigenvalue weighted by molar-refractivity contribution is -0.122. The zero-order chi connectivity index (χ0) is 17.8. The molecule has 1 aliphatic rings. The van der Waals surface area contributed by atoms with Gasteiger partial charge < -0.3 is 5.32 Å². The summed E-state index contributed by atoms with van der Waals surface area (Å²) in [4.78, 5) is 25.8. The van der Waals surface area contributed by atoms with Crippen LogP contribution in [0.4, 0.5) is 5.69 Å². The average molecular weight is 355 g/mol. The Balaban J connectivity index is 1.64. The highest BCUT2D eigenvalue weighted by Gasteiger charge is 2.25. The van der Waals surface area contributed by atoms with Crippen molar-refractivity contribution in [3.05, 3.63) is 51.7 Å². The van der Waals surface area contributed by atoms with E-state index >= 15 is 0 Å². The van der Waals surface area contributed by atoms with E-state index in [0.717, 1.165) is 35.4 Å². The summed E-state index contributed by atoms with van der Waals surface area (Å²) in [6.45, 7) is 3.78. The minimum absolute atomic E-state index is 0.0827. The Bertz CT molecular complexity index is 822. The van der Waals surface area contributed by atoms with Crippen LogP contribution in [0.25, 0.3) is 0 Å². The SMILES string of the molecule is CC(=NNC(=O)c1ccc(C)s1)c1cccc(NC(=O)C2CCC2)c1. The second-order valence-electron chi connectivity index (χ2n) is 6.25. The van der Waals surface area contributed by atoms with E-state index in [1.807, 2.05) is 44.2 Å². The standard InChI is InChI=1S/C19H21N3O2S/c1-12-9-10-17(25-12)19(24)22-21-13(2)15-7-4-8-16(11-15)20-18(23)14-5-3-6-14/h4,7-11,14H,3,5-6H2,1-2H3,(H,20,23)(H,22,24). The molecule has 2 amide bonds. The third-order valence-corrected chi connectivity index (χ3v) is 5.31. The van der Waals surface area contributed by atoms with Gasteiger partial charge in [0.15, 0.2) is 0 Å². The van der Waals surface area contributed by atoms with Gasteiger partial charge in [0.25, 0.3) is 5.91 Å². The van der Waals surface area contributed by atoms with Crippen molar-refractivity contribution in [1.29, 1.82) is 0 Å². The van der Waals surface area contributed by atoms with Crippen LogP contribution < -0.4 is 10.7 Å². The highest BCUT2D eigenvalue weighted by molar-refractivity contribution is 7.13. The first-order valence-electron chi connectivity index (χ1n) is 8.35. The summed E-state index contributed by atoms with van der Waals surface area (Å²) in [5.41, 5.74) is 4.87. The minimum atomic E-state index is -0.216. The summed E-state index contributed by atoms with van der Waals surface area (Å²) >= 11 is 1.43. The van der Waals surface area contributed by atoms with E-state index in [1.54, 1.807) is 6.07 Å². The van der Waals surface area contributed by atoms with Crippen LogP contribution in [0, 0.1) is 12.8 Å². The van der Waals surface area contributed by atoms with Gasteiger partial charge in [-0.2, -0.15) is 5.10 Å². The van der Waals surface area contributed by atoms with E-state index in [2.05, 4.69) is 15.8 Å². The fourth-order valence-corrected chi connectivity index (χ4v) is 3.30. The normalized spacial score (nSPS) is 14.7. The number of thiophene rings is 1. The monoisotopic (exact) mass is 355 g/mol. The molecule has 1 saturated carbocycles. The molecule has 0 spiro atoms. The van der Waals surface area contributed by atoms with Crippen molar-refractivity contribution in [1.82, 2.24) is 5.43 Å². The second kappa shape index (κ2) is 7.61. The van der Waals surface area contributed by atoms with Crippen molar-refractivity contribution in [3.63, 3.8) is 0 Å². The molecule has 3 rings (SSSR count). The smallest absolute Gasteiger partial charge is 0.281 e. The van der Waals surface area contributed by atoms with Crippen molar-refractivity contribution in [2.45, 2.75) is 33.1 Å². The number of nitrogens with one attached hydrogen (secondary N) is 2. The Morgan fingerprint density at radius 2 is 2.00 bits per heavy atom.